The van der Waals surface area contributed by atoms with Gasteiger partial charge in [-0.2, -0.15) is 0 Å². The van der Waals surface area contributed by atoms with Gasteiger partial charge in [0, 0.05) is 10.8 Å². The maximum atomic E-state index is 2.39. The molecule has 0 radical (unpaired) electrons. The highest BCUT2D eigenvalue weighted by molar-refractivity contribution is 5.51. The number of allylic oxidation sites excluding steroid dienone is 4. The number of hydrogen-bond donors (Lipinski definition) is 0. The first kappa shape index (κ1) is 7.05. The van der Waals surface area contributed by atoms with Crippen LogP contribution < -0.4 is 0 Å². The van der Waals surface area contributed by atoms with Crippen LogP contribution in [0.3, 0.4) is 0 Å². The molecule has 5 rings (SSSR count). The summed E-state index contributed by atoms with van der Waals surface area (Å²) in [5, 5.41) is 0. The van der Waals surface area contributed by atoms with E-state index in [1.165, 1.54) is 24.0 Å². The molecule has 0 nitrogen and oxygen atoms in total. The molecule has 0 spiro atoms. The van der Waals surface area contributed by atoms with Crippen molar-refractivity contribution in [3.63, 3.8) is 0 Å². The first-order valence-electron chi connectivity index (χ1n) is 5.31. The fourth-order valence-corrected chi connectivity index (χ4v) is 3.15. The first-order chi connectivity index (χ1) is 6.82. The predicted molar refractivity (Wildman–Crippen MR) is 57.0 cm³/mol. The zero-order valence-corrected chi connectivity index (χ0v) is 8.03. The van der Waals surface area contributed by atoms with E-state index in [2.05, 4.69) is 48.6 Å². The van der Waals surface area contributed by atoms with Crippen molar-refractivity contribution in [1.29, 1.82) is 0 Å². The summed E-state index contributed by atoms with van der Waals surface area (Å²) in [6, 6.07) is 9.14. The van der Waals surface area contributed by atoms with E-state index < -0.39 is 0 Å². The van der Waals surface area contributed by atoms with Crippen LogP contribution >= 0.6 is 0 Å². The highest BCUT2D eigenvalue weighted by Crippen LogP contribution is 2.63. The van der Waals surface area contributed by atoms with Crippen LogP contribution in [0.5, 0.6) is 0 Å². The molecule has 0 heterocycles. The second-order valence-corrected chi connectivity index (χ2v) is 4.92. The van der Waals surface area contributed by atoms with Crippen molar-refractivity contribution in [1.82, 2.24) is 0 Å². The van der Waals surface area contributed by atoms with Crippen LogP contribution in [0.15, 0.2) is 48.6 Å². The quantitative estimate of drug-likeness (QED) is 0.538. The Morgan fingerprint density at radius 2 is 1.00 bits per heavy atom. The van der Waals surface area contributed by atoms with Crippen molar-refractivity contribution in [3.05, 3.63) is 59.7 Å². The summed E-state index contributed by atoms with van der Waals surface area (Å²) in [7, 11) is 0. The van der Waals surface area contributed by atoms with E-state index in [1.807, 2.05) is 0 Å². The smallest absolute Gasteiger partial charge is 0.0231 e. The van der Waals surface area contributed by atoms with Crippen LogP contribution in [-0.4, -0.2) is 0 Å². The van der Waals surface area contributed by atoms with E-state index in [0.29, 0.717) is 10.8 Å². The number of rotatable bonds is 0. The van der Waals surface area contributed by atoms with Crippen molar-refractivity contribution < 1.29 is 0 Å². The molecule has 0 atom stereocenters. The Morgan fingerprint density at radius 3 is 1.29 bits per heavy atom. The van der Waals surface area contributed by atoms with E-state index in [4.69, 9.17) is 0 Å². The molecule has 0 saturated heterocycles. The normalized spacial score (nSPS) is 40.3. The second-order valence-electron chi connectivity index (χ2n) is 4.92. The van der Waals surface area contributed by atoms with Crippen molar-refractivity contribution in [2.45, 2.75) is 12.8 Å². The summed E-state index contributed by atoms with van der Waals surface area (Å²) in [5.41, 5.74) is 3.74. The van der Waals surface area contributed by atoms with E-state index >= 15 is 0 Å². The van der Waals surface area contributed by atoms with E-state index in [1.54, 1.807) is 0 Å². The van der Waals surface area contributed by atoms with Crippen molar-refractivity contribution in [2.75, 3.05) is 0 Å². The summed E-state index contributed by atoms with van der Waals surface area (Å²) in [4.78, 5) is 0. The molecule has 2 bridgehead atoms. The lowest BCUT2D eigenvalue weighted by Gasteiger charge is -2.58. The van der Waals surface area contributed by atoms with Crippen molar-refractivity contribution in [3.8, 4) is 0 Å². The Kier molecular flexibility index (Phi) is 0.947. The summed E-state index contributed by atoms with van der Waals surface area (Å²) < 4.78 is 0. The molecule has 1 aromatic carbocycles. The molecule has 0 heteroatoms. The van der Waals surface area contributed by atoms with Crippen molar-refractivity contribution in [2.24, 2.45) is 10.8 Å². The van der Waals surface area contributed by atoms with Gasteiger partial charge in [0.25, 0.3) is 0 Å². The molecule has 0 amide bonds. The monoisotopic (exact) mass is 180 g/mol. The average molecular weight is 180 g/mol. The molecule has 4 aliphatic carbocycles. The molecule has 0 N–H and O–H groups in total. The Labute approximate surface area is 84.0 Å². The fraction of sp³-hybridized carbons (Fsp3) is 0.286. The van der Waals surface area contributed by atoms with E-state index in [0.717, 1.165) is 0 Å². The molecule has 0 aromatic heterocycles. The largest absolute Gasteiger partial charge is 0.0761 e. The highest BCUT2D eigenvalue weighted by atomic mass is 14.6. The van der Waals surface area contributed by atoms with Crippen LogP contribution in [0.4, 0.5) is 0 Å². The Hall–Kier alpha value is -1.30. The van der Waals surface area contributed by atoms with Crippen LogP contribution in [0.1, 0.15) is 11.1 Å². The van der Waals surface area contributed by atoms with E-state index in [-0.39, 0.29) is 0 Å². The Bertz CT molecular complexity index is 402. The predicted octanol–water partition coefficient (Wildman–Crippen LogP) is 2.90. The van der Waals surface area contributed by atoms with Gasteiger partial charge in [-0.15, -0.1) is 0 Å². The molecule has 4 aliphatic rings. The maximum absolute atomic E-state index is 2.39. The number of benzene rings is 1. The molecule has 0 fully saturated rings. The molecule has 68 valence electrons. The van der Waals surface area contributed by atoms with Gasteiger partial charge in [-0.25, -0.2) is 0 Å². The third-order valence-corrected chi connectivity index (χ3v) is 4.24. The maximum Gasteiger partial charge on any atom is 0.0231 e. The molecule has 0 aliphatic heterocycles. The second kappa shape index (κ2) is 1.88. The van der Waals surface area contributed by atoms with Gasteiger partial charge in [-0.1, -0.05) is 48.6 Å². The highest BCUT2D eigenvalue weighted by Gasteiger charge is 2.56. The Morgan fingerprint density at radius 1 is 0.643 bits per heavy atom. The van der Waals surface area contributed by atoms with Gasteiger partial charge in [0.2, 0.25) is 0 Å². The van der Waals surface area contributed by atoms with Crippen LogP contribution in [0.25, 0.3) is 0 Å². The van der Waals surface area contributed by atoms with Crippen LogP contribution in [0.2, 0.25) is 0 Å². The molecule has 0 saturated carbocycles. The van der Waals surface area contributed by atoms with Crippen LogP contribution in [0, 0.1) is 10.8 Å². The van der Waals surface area contributed by atoms with Crippen molar-refractivity contribution >= 4 is 0 Å². The molecular formula is C14H12. The molecule has 1 aromatic rings. The summed E-state index contributed by atoms with van der Waals surface area (Å²) in [6.45, 7) is 0. The zero-order chi connectivity index (χ0) is 9.23. The first-order valence-corrected chi connectivity index (χ1v) is 5.31. The minimum absolute atomic E-state index is 0.392. The standard InChI is InChI=1S/C14H12/c1-2-12-4-3-11(1)9-13-5-7-14(13,10-12)8-6-13/h1-8H,9-10H2. The van der Waals surface area contributed by atoms with Gasteiger partial charge < -0.3 is 0 Å². The molecule has 14 heavy (non-hydrogen) atoms. The van der Waals surface area contributed by atoms with Crippen LogP contribution in [-0.2, 0) is 12.8 Å². The molecule has 0 unspecified atom stereocenters. The number of fused-ring (bicyclic) bond motifs is 2. The number of hydrogen-bond acceptors (Lipinski definition) is 0. The zero-order valence-electron chi connectivity index (χ0n) is 8.03. The average Bonchev–Trinajstić information content (AvgIpc) is 2.25. The fourth-order valence-electron chi connectivity index (χ4n) is 3.15. The van der Waals surface area contributed by atoms with Gasteiger partial charge in [0.1, 0.15) is 0 Å². The lowest BCUT2D eigenvalue weighted by Crippen LogP contribution is -2.52. The molecular weight excluding hydrogens is 168 g/mol. The minimum Gasteiger partial charge on any atom is -0.0761 e. The lowest BCUT2D eigenvalue weighted by atomic mass is 9.44. The summed E-state index contributed by atoms with van der Waals surface area (Å²) in [6.07, 6.45) is 12.0. The van der Waals surface area contributed by atoms with Gasteiger partial charge in [-0.05, 0) is 24.0 Å². The topological polar surface area (TPSA) is 0 Å². The summed E-state index contributed by atoms with van der Waals surface area (Å²) in [5.74, 6) is 0. The minimum atomic E-state index is 0.392. The third-order valence-electron chi connectivity index (χ3n) is 4.24. The summed E-state index contributed by atoms with van der Waals surface area (Å²) >= 11 is 0. The SMILES string of the molecule is C1=CC23C=CC12Cc1ccc(cc1)C3. The third kappa shape index (κ3) is 0.579. The van der Waals surface area contributed by atoms with Gasteiger partial charge >= 0.3 is 0 Å². The van der Waals surface area contributed by atoms with Gasteiger partial charge in [0.05, 0.1) is 0 Å². The lowest BCUT2D eigenvalue weighted by molar-refractivity contribution is 0.167. The van der Waals surface area contributed by atoms with Gasteiger partial charge in [-0.3, -0.25) is 0 Å². The van der Waals surface area contributed by atoms with Gasteiger partial charge in [0.15, 0.2) is 0 Å². The Balaban J connectivity index is 1.96. The van der Waals surface area contributed by atoms with E-state index in [9.17, 15) is 0 Å².